The number of aryl methyl sites for hydroxylation is 1. The van der Waals surface area contributed by atoms with Crippen LogP contribution in [0.2, 0.25) is 0 Å². The lowest BCUT2D eigenvalue weighted by Crippen LogP contribution is -1.85. The van der Waals surface area contributed by atoms with Crippen LogP contribution in [-0.4, -0.2) is 6.15 Å². The van der Waals surface area contributed by atoms with Crippen molar-refractivity contribution in [1.29, 1.82) is 0 Å². The molecule has 0 spiro atoms. The van der Waals surface area contributed by atoms with Crippen LogP contribution in [0, 0.1) is 6.92 Å². The number of fused-ring (bicyclic) bond motifs is 1. The summed E-state index contributed by atoms with van der Waals surface area (Å²) < 4.78 is 0. The largest absolute Gasteiger partial charge is 0.373 e. The number of carbonyl (C=O) groups excluding carboxylic acids is 2. The quantitative estimate of drug-likeness (QED) is 0.657. The summed E-state index contributed by atoms with van der Waals surface area (Å²) in [5.41, 5.74) is 3.97. The fraction of sp³-hybridized carbons (Fsp3) is 0.0556. The van der Waals surface area contributed by atoms with E-state index < -0.39 is 0 Å². The lowest BCUT2D eigenvalue weighted by Gasteiger charge is -2.09. The van der Waals surface area contributed by atoms with Gasteiger partial charge in [0.1, 0.15) is 0 Å². The van der Waals surface area contributed by atoms with Gasteiger partial charge in [-0.15, -0.1) is 0 Å². The first-order valence-electron chi connectivity index (χ1n) is 6.31. The maximum atomic E-state index is 8.12. The topological polar surface area (TPSA) is 34.1 Å². The van der Waals surface area contributed by atoms with E-state index >= 15 is 0 Å². The highest BCUT2D eigenvalue weighted by Crippen LogP contribution is 2.29. The van der Waals surface area contributed by atoms with Crippen LogP contribution >= 0.6 is 0 Å². The van der Waals surface area contributed by atoms with Gasteiger partial charge >= 0.3 is 6.15 Å². The fourth-order valence-corrected chi connectivity index (χ4v) is 2.36. The van der Waals surface area contributed by atoms with Gasteiger partial charge in [0, 0.05) is 0 Å². The number of hydrogen-bond acceptors (Lipinski definition) is 2. The molecule has 0 unspecified atom stereocenters. The van der Waals surface area contributed by atoms with Crippen molar-refractivity contribution < 1.29 is 9.59 Å². The molecule has 0 saturated heterocycles. The molecule has 3 aromatic rings. The Morgan fingerprint density at radius 1 is 0.750 bits per heavy atom. The summed E-state index contributed by atoms with van der Waals surface area (Å²) in [6.45, 7) is 2.20. The molecule has 2 heteroatoms. The zero-order valence-corrected chi connectivity index (χ0v) is 11.2. The summed E-state index contributed by atoms with van der Waals surface area (Å²) in [4.78, 5) is 16.2. The Morgan fingerprint density at radius 3 is 2.05 bits per heavy atom. The summed E-state index contributed by atoms with van der Waals surface area (Å²) in [6.07, 6.45) is 0.250. The Labute approximate surface area is 117 Å². The van der Waals surface area contributed by atoms with Crippen molar-refractivity contribution in [3.8, 4) is 11.1 Å². The van der Waals surface area contributed by atoms with E-state index in [1.807, 2.05) is 0 Å². The average molecular weight is 262 g/mol. The SMILES string of the molecule is Cc1c(-c2ccccc2)ccc2ccccc12.O=C=O. The molecule has 20 heavy (non-hydrogen) atoms. The predicted molar refractivity (Wildman–Crippen MR) is 79.1 cm³/mol. The highest BCUT2D eigenvalue weighted by molar-refractivity contribution is 5.91. The first-order chi connectivity index (χ1) is 9.77. The Kier molecular flexibility index (Phi) is 4.43. The van der Waals surface area contributed by atoms with E-state index in [0.29, 0.717) is 0 Å². The van der Waals surface area contributed by atoms with Crippen molar-refractivity contribution in [1.82, 2.24) is 0 Å². The number of hydrogen-bond donors (Lipinski definition) is 0. The first-order valence-corrected chi connectivity index (χ1v) is 6.31. The zero-order chi connectivity index (χ0) is 14.4. The molecule has 2 nitrogen and oxygen atoms in total. The number of benzene rings is 3. The Bertz CT molecular complexity index is 740. The maximum absolute atomic E-state index is 8.12. The first kappa shape index (κ1) is 13.7. The normalized spacial score (nSPS) is 9.45. The molecule has 98 valence electrons. The Morgan fingerprint density at radius 2 is 1.35 bits per heavy atom. The fourth-order valence-electron chi connectivity index (χ4n) is 2.36. The molecular formula is C18H14O2. The van der Waals surface area contributed by atoms with E-state index in [9.17, 15) is 0 Å². The van der Waals surface area contributed by atoms with Crippen LogP contribution in [0.1, 0.15) is 5.56 Å². The molecule has 0 aliphatic rings. The summed E-state index contributed by atoms with van der Waals surface area (Å²) in [5.74, 6) is 0. The van der Waals surface area contributed by atoms with Crippen LogP contribution in [-0.2, 0) is 9.59 Å². The third kappa shape index (κ3) is 2.82. The van der Waals surface area contributed by atoms with Gasteiger partial charge < -0.3 is 0 Å². The molecule has 3 aromatic carbocycles. The molecule has 0 heterocycles. The second kappa shape index (κ2) is 6.46. The average Bonchev–Trinajstić information content (AvgIpc) is 2.50. The lowest BCUT2D eigenvalue weighted by molar-refractivity contribution is -0.191. The van der Waals surface area contributed by atoms with Crippen LogP contribution in [0.15, 0.2) is 66.7 Å². The van der Waals surface area contributed by atoms with Crippen molar-refractivity contribution in [2.24, 2.45) is 0 Å². The molecule has 0 amide bonds. The van der Waals surface area contributed by atoms with Crippen LogP contribution < -0.4 is 0 Å². The second-order valence-electron chi connectivity index (χ2n) is 4.41. The minimum atomic E-state index is 0.250. The second-order valence-corrected chi connectivity index (χ2v) is 4.41. The molecule has 3 rings (SSSR count). The molecule has 0 aliphatic carbocycles. The third-order valence-electron chi connectivity index (χ3n) is 3.28. The van der Waals surface area contributed by atoms with Gasteiger partial charge in [-0.3, -0.25) is 0 Å². The molecule has 0 aromatic heterocycles. The zero-order valence-electron chi connectivity index (χ0n) is 11.2. The van der Waals surface area contributed by atoms with E-state index in [1.165, 1.54) is 27.5 Å². The Balaban J connectivity index is 0.000000452. The van der Waals surface area contributed by atoms with Gasteiger partial charge in [0.25, 0.3) is 0 Å². The summed E-state index contributed by atoms with van der Waals surface area (Å²) in [5, 5.41) is 2.65. The predicted octanol–water partition coefficient (Wildman–Crippen LogP) is 4.23. The highest BCUT2D eigenvalue weighted by Gasteiger charge is 2.04. The molecular weight excluding hydrogens is 248 g/mol. The van der Waals surface area contributed by atoms with Gasteiger partial charge in [-0.2, -0.15) is 9.59 Å². The van der Waals surface area contributed by atoms with Gasteiger partial charge in [-0.1, -0.05) is 66.7 Å². The van der Waals surface area contributed by atoms with Crippen LogP contribution in [0.25, 0.3) is 21.9 Å². The lowest BCUT2D eigenvalue weighted by atomic mass is 9.95. The van der Waals surface area contributed by atoms with E-state index in [4.69, 9.17) is 9.59 Å². The van der Waals surface area contributed by atoms with E-state index in [-0.39, 0.29) is 6.15 Å². The minimum absolute atomic E-state index is 0.250. The smallest absolute Gasteiger partial charge is 0.186 e. The van der Waals surface area contributed by atoms with Crippen molar-refractivity contribution in [2.45, 2.75) is 6.92 Å². The van der Waals surface area contributed by atoms with Crippen molar-refractivity contribution >= 4 is 16.9 Å². The molecule has 0 radical (unpaired) electrons. The standard InChI is InChI=1S/C17H14.CO2/c1-13-16-10-6-5-9-15(16)11-12-17(13)14-7-3-2-4-8-14;2-1-3/h2-12H,1H3;. The van der Waals surface area contributed by atoms with Gasteiger partial charge in [-0.05, 0) is 34.4 Å². The monoisotopic (exact) mass is 262 g/mol. The van der Waals surface area contributed by atoms with Crippen LogP contribution in [0.4, 0.5) is 0 Å². The third-order valence-corrected chi connectivity index (χ3v) is 3.28. The van der Waals surface area contributed by atoms with E-state index in [1.54, 1.807) is 0 Å². The highest BCUT2D eigenvalue weighted by atomic mass is 16.2. The minimum Gasteiger partial charge on any atom is -0.186 e. The van der Waals surface area contributed by atoms with Crippen molar-refractivity contribution in [3.63, 3.8) is 0 Å². The van der Waals surface area contributed by atoms with E-state index in [0.717, 1.165) is 0 Å². The summed E-state index contributed by atoms with van der Waals surface area (Å²) in [6, 6.07) is 23.5. The molecule has 0 bridgehead atoms. The van der Waals surface area contributed by atoms with Gasteiger partial charge in [0.2, 0.25) is 0 Å². The van der Waals surface area contributed by atoms with Crippen molar-refractivity contribution in [2.75, 3.05) is 0 Å². The van der Waals surface area contributed by atoms with E-state index in [2.05, 4.69) is 73.7 Å². The van der Waals surface area contributed by atoms with Gasteiger partial charge in [0.05, 0.1) is 0 Å². The molecule has 0 saturated carbocycles. The van der Waals surface area contributed by atoms with Gasteiger partial charge in [0.15, 0.2) is 0 Å². The Hall–Kier alpha value is -2.70. The number of rotatable bonds is 1. The molecule has 0 N–H and O–H groups in total. The van der Waals surface area contributed by atoms with Crippen LogP contribution in [0.3, 0.4) is 0 Å². The van der Waals surface area contributed by atoms with Gasteiger partial charge in [-0.25, -0.2) is 0 Å². The summed E-state index contributed by atoms with van der Waals surface area (Å²) in [7, 11) is 0. The summed E-state index contributed by atoms with van der Waals surface area (Å²) >= 11 is 0. The van der Waals surface area contributed by atoms with Crippen molar-refractivity contribution in [3.05, 3.63) is 72.3 Å². The molecule has 0 atom stereocenters. The van der Waals surface area contributed by atoms with Crippen LogP contribution in [0.5, 0.6) is 0 Å². The molecule has 0 fully saturated rings. The molecule has 0 aliphatic heterocycles. The maximum Gasteiger partial charge on any atom is 0.373 e.